The largest absolute Gasteiger partial charge is 0.291 e. The summed E-state index contributed by atoms with van der Waals surface area (Å²) in [5.41, 5.74) is 3.57. The molecule has 3 aromatic rings. The molecule has 0 fully saturated rings. The molecule has 3 nitrogen and oxygen atoms in total. The van der Waals surface area contributed by atoms with Crippen LogP contribution in [-0.2, 0) is 6.42 Å². The number of rotatable bonds is 3. The molecule has 1 aromatic carbocycles. The molecule has 102 valence electrons. The van der Waals surface area contributed by atoms with Gasteiger partial charge in [0.25, 0.3) is 0 Å². The average Bonchev–Trinajstić information content (AvgIpc) is 2.84. The first-order chi connectivity index (χ1) is 9.67. The SMILES string of the molecule is CCCc1cc(=S)n2[nH]c(-c3ccc(F)cc3)cc2n1. The van der Waals surface area contributed by atoms with Crippen LogP contribution in [0, 0.1) is 10.5 Å². The van der Waals surface area contributed by atoms with Gasteiger partial charge in [0.15, 0.2) is 5.65 Å². The molecule has 0 radical (unpaired) electrons. The van der Waals surface area contributed by atoms with Gasteiger partial charge in [0, 0.05) is 11.8 Å². The Morgan fingerprint density at radius 3 is 2.70 bits per heavy atom. The number of H-pyrrole nitrogens is 1. The van der Waals surface area contributed by atoms with Gasteiger partial charge in [-0.2, -0.15) is 0 Å². The first-order valence-electron chi connectivity index (χ1n) is 6.55. The molecule has 0 aliphatic rings. The Morgan fingerprint density at radius 1 is 1.25 bits per heavy atom. The maximum absolute atomic E-state index is 13.0. The molecular weight excluding hydrogens is 273 g/mol. The summed E-state index contributed by atoms with van der Waals surface area (Å²) in [4.78, 5) is 4.58. The summed E-state index contributed by atoms with van der Waals surface area (Å²) in [6.07, 6.45) is 1.95. The van der Waals surface area contributed by atoms with Crippen LogP contribution in [0.15, 0.2) is 36.4 Å². The van der Waals surface area contributed by atoms with Crippen LogP contribution >= 0.6 is 12.2 Å². The summed E-state index contributed by atoms with van der Waals surface area (Å²) in [6.45, 7) is 2.11. The van der Waals surface area contributed by atoms with Crippen LogP contribution in [0.1, 0.15) is 19.0 Å². The highest BCUT2D eigenvalue weighted by Crippen LogP contribution is 2.20. The number of aryl methyl sites for hydroxylation is 1. The Balaban J connectivity index is 2.12. The van der Waals surface area contributed by atoms with Crippen LogP contribution in [0.4, 0.5) is 4.39 Å². The molecule has 3 rings (SSSR count). The summed E-state index contributed by atoms with van der Waals surface area (Å²) < 4.78 is 15.4. The van der Waals surface area contributed by atoms with E-state index in [1.807, 2.05) is 12.1 Å². The molecule has 1 N–H and O–H groups in total. The normalized spacial score (nSPS) is 11.1. The molecule has 5 heteroatoms. The Morgan fingerprint density at radius 2 is 2.00 bits per heavy atom. The van der Waals surface area contributed by atoms with Crippen molar-refractivity contribution in [3.63, 3.8) is 0 Å². The fourth-order valence-corrected chi connectivity index (χ4v) is 2.48. The van der Waals surface area contributed by atoms with Crippen LogP contribution in [-0.4, -0.2) is 14.6 Å². The molecule has 20 heavy (non-hydrogen) atoms. The second-order valence-corrected chi connectivity index (χ2v) is 5.12. The summed E-state index contributed by atoms with van der Waals surface area (Å²) >= 11 is 5.37. The lowest BCUT2D eigenvalue weighted by Gasteiger charge is -1.99. The molecule has 0 spiro atoms. The third-order valence-electron chi connectivity index (χ3n) is 3.16. The predicted octanol–water partition coefficient (Wildman–Crippen LogP) is 4.15. The highest BCUT2D eigenvalue weighted by molar-refractivity contribution is 7.71. The Kier molecular flexibility index (Phi) is 3.36. The molecule has 0 saturated heterocycles. The fourth-order valence-electron chi connectivity index (χ4n) is 2.20. The van der Waals surface area contributed by atoms with Gasteiger partial charge in [0.05, 0.1) is 5.69 Å². The van der Waals surface area contributed by atoms with Gasteiger partial charge >= 0.3 is 0 Å². The van der Waals surface area contributed by atoms with E-state index in [-0.39, 0.29) is 5.82 Å². The molecule has 0 atom stereocenters. The standard InChI is InChI=1S/C15H14FN3S/c1-2-3-12-8-15(20)19-14(17-12)9-13(18-19)10-4-6-11(16)7-5-10/h4-9,18H,2-3H2,1H3. The maximum Gasteiger partial charge on any atom is 0.155 e. The molecule has 2 aromatic heterocycles. The lowest BCUT2D eigenvalue weighted by molar-refractivity contribution is 0.628. The second-order valence-electron chi connectivity index (χ2n) is 4.71. The van der Waals surface area contributed by atoms with Crippen LogP contribution in [0.2, 0.25) is 0 Å². The Labute approximate surface area is 121 Å². The van der Waals surface area contributed by atoms with Gasteiger partial charge in [-0.25, -0.2) is 13.9 Å². The predicted molar refractivity (Wildman–Crippen MR) is 79.8 cm³/mol. The number of aromatic nitrogens is 3. The number of hydrogen-bond donors (Lipinski definition) is 1. The van der Waals surface area contributed by atoms with Crippen molar-refractivity contribution in [2.45, 2.75) is 19.8 Å². The van der Waals surface area contributed by atoms with Gasteiger partial charge in [0.1, 0.15) is 10.5 Å². The topological polar surface area (TPSA) is 33.1 Å². The van der Waals surface area contributed by atoms with E-state index in [4.69, 9.17) is 12.2 Å². The Bertz CT molecular complexity index is 802. The summed E-state index contributed by atoms with van der Waals surface area (Å²) in [5, 5.41) is 3.20. The first-order valence-corrected chi connectivity index (χ1v) is 6.96. The third-order valence-corrected chi connectivity index (χ3v) is 3.47. The summed E-state index contributed by atoms with van der Waals surface area (Å²) in [7, 11) is 0. The van der Waals surface area contributed by atoms with Crippen LogP contribution in [0.5, 0.6) is 0 Å². The molecular formula is C15H14FN3S. The molecule has 0 unspecified atom stereocenters. The van der Waals surface area contributed by atoms with Crippen molar-refractivity contribution in [2.75, 3.05) is 0 Å². The van der Waals surface area contributed by atoms with Gasteiger partial charge in [-0.3, -0.25) is 5.10 Å². The zero-order valence-electron chi connectivity index (χ0n) is 11.1. The van der Waals surface area contributed by atoms with E-state index in [1.54, 1.807) is 16.6 Å². The van der Waals surface area contributed by atoms with Gasteiger partial charge in [-0.1, -0.05) is 25.6 Å². The van der Waals surface area contributed by atoms with Gasteiger partial charge < -0.3 is 0 Å². The smallest absolute Gasteiger partial charge is 0.155 e. The number of hydrogen-bond acceptors (Lipinski definition) is 2. The van der Waals surface area contributed by atoms with Crippen molar-refractivity contribution < 1.29 is 4.39 Å². The molecule has 2 heterocycles. The lowest BCUT2D eigenvalue weighted by atomic mass is 10.1. The highest BCUT2D eigenvalue weighted by atomic mass is 32.1. The molecule has 0 aliphatic heterocycles. The fraction of sp³-hybridized carbons (Fsp3) is 0.200. The summed E-state index contributed by atoms with van der Waals surface area (Å²) in [5.74, 6) is -0.246. The third kappa shape index (κ3) is 2.36. The molecule has 0 aliphatic carbocycles. The summed E-state index contributed by atoms with van der Waals surface area (Å²) in [6, 6.07) is 10.2. The number of benzene rings is 1. The van der Waals surface area contributed by atoms with Crippen molar-refractivity contribution in [3.05, 3.63) is 52.5 Å². The van der Waals surface area contributed by atoms with Gasteiger partial charge in [-0.15, -0.1) is 0 Å². The van der Waals surface area contributed by atoms with E-state index in [9.17, 15) is 4.39 Å². The van der Waals surface area contributed by atoms with E-state index >= 15 is 0 Å². The van der Waals surface area contributed by atoms with E-state index in [0.29, 0.717) is 4.64 Å². The number of nitrogens with one attached hydrogen (secondary N) is 1. The minimum atomic E-state index is -0.246. The van der Waals surface area contributed by atoms with Crippen molar-refractivity contribution in [3.8, 4) is 11.3 Å². The zero-order valence-corrected chi connectivity index (χ0v) is 11.9. The van der Waals surface area contributed by atoms with E-state index in [2.05, 4.69) is 17.0 Å². The van der Waals surface area contributed by atoms with Gasteiger partial charge in [-0.05, 0) is 42.3 Å². The van der Waals surface area contributed by atoms with Gasteiger partial charge in [0.2, 0.25) is 0 Å². The average molecular weight is 287 g/mol. The number of fused-ring (bicyclic) bond motifs is 1. The molecule has 0 amide bonds. The van der Waals surface area contributed by atoms with Crippen molar-refractivity contribution in [1.82, 2.24) is 14.6 Å². The minimum Gasteiger partial charge on any atom is -0.291 e. The zero-order chi connectivity index (χ0) is 14.1. The second kappa shape index (κ2) is 5.17. The van der Waals surface area contributed by atoms with Crippen molar-refractivity contribution >= 4 is 17.9 Å². The number of halogens is 1. The van der Waals surface area contributed by atoms with Crippen LogP contribution in [0.3, 0.4) is 0 Å². The maximum atomic E-state index is 13.0. The minimum absolute atomic E-state index is 0.246. The van der Waals surface area contributed by atoms with Crippen molar-refractivity contribution in [2.24, 2.45) is 0 Å². The quantitative estimate of drug-likeness (QED) is 0.734. The monoisotopic (exact) mass is 287 g/mol. The molecule has 0 bridgehead atoms. The first kappa shape index (κ1) is 13.0. The lowest BCUT2D eigenvalue weighted by Crippen LogP contribution is -1.96. The Hall–Kier alpha value is -2.01. The van der Waals surface area contributed by atoms with E-state index in [1.165, 1.54) is 12.1 Å². The van der Waals surface area contributed by atoms with Crippen molar-refractivity contribution in [1.29, 1.82) is 0 Å². The number of aromatic amines is 1. The van der Waals surface area contributed by atoms with Crippen LogP contribution < -0.4 is 0 Å². The van der Waals surface area contributed by atoms with Crippen LogP contribution in [0.25, 0.3) is 16.9 Å². The van der Waals surface area contributed by atoms with E-state index < -0.39 is 0 Å². The number of nitrogens with zero attached hydrogens (tertiary/aromatic N) is 2. The highest BCUT2D eigenvalue weighted by Gasteiger charge is 2.06. The van der Waals surface area contributed by atoms with E-state index in [0.717, 1.165) is 35.4 Å². The molecule has 0 saturated carbocycles.